The highest BCUT2D eigenvalue weighted by Gasteiger charge is 2.27. The van der Waals surface area contributed by atoms with E-state index in [2.05, 4.69) is 6.07 Å². The van der Waals surface area contributed by atoms with Gasteiger partial charge in [0.1, 0.15) is 11.5 Å². The molecule has 1 aromatic carbocycles. The van der Waals surface area contributed by atoms with Gasteiger partial charge in [-0.3, -0.25) is 14.8 Å². The summed E-state index contributed by atoms with van der Waals surface area (Å²) in [6.45, 7) is 3.06. The van der Waals surface area contributed by atoms with E-state index in [1.807, 2.05) is 42.8 Å². The number of nitrogens with one attached hydrogen (secondary N) is 1. The lowest BCUT2D eigenvalue weighted by atomic mass is 10.1. The lowest BCUT2D eigenvalue weighted by Crippen LogP contribution is -2.36. The molecule has 2 amide bonds. The predicted molar refractivity (Wildman–Crippen MR) is 117 cm³/mol. The summed E-state index contributed by atoms with van der Waals surface area (Å²) in [7, 11) is 1.87. The van der Waals surface area contributed by atoms with Crippen LogP contribution >= 0.6 is 11.3 Å². The lowest BCUT2D eigenvalue weighted by Gasteiger charge is -2.27. The zero-order valence-corrected chi connectivity index (χ0v) is 18.0. The second-order valence-electron chi connectivity index (χ2n) is 7.79. The number of carbonyl (C=O) groups is 2. The van der Waals surface area contributed by atoms with Gasteiger partial charge >= 0.3 is 0 Å². The molecule has 0 spiro atoms. The van der Waals surface area contributed by atoms with Gasteiger partial charge in [0.25, 0.3) is 11.8 Å². The van der Waals surface area contributed by atoms with Gasteiger partial charge in [-0.05, 0) is 31.0 Å². The van der Waals surface area contributed by atoms with E-state index in [9.17, 15) is 9.59 Å². The molecule has 0 atom stereocenters. The molecule has 0 fully saturated rings. The number of hydrogen-bond acceptors (Lipinski definition) is 5. The third-order valence-electron chi connectivity index (χ3n) is 5.75. The molecule has 1 aliphatic rings. The van der Waals surface area contributed by atoms with Gasteiger partial charge in [0.05, 0.1) is 16.9 Å². The molecule has 0 unspecified atom stereocenters. The molecule has 0 saturated carbocycles. The first-order chi connectivity index (χ1) is 14.9. The van der Waals surface area contributed by atoms with E-state index in [0.29, 0.717) is 35.7 Å². The summed E-state index contributed by atoms with van der Waals surface area (Å²) in [5, 5.41) is 8.85. The fourth-order valence-electron chi connectivity index (χ4n) is 4.08. The van der Waals surface area contributed by atoms with Crippen molar-refractivity contribution in [1.29, 1.82) is 0 Å². The Labute approximate surface area is 182 Å². The zero-order valence-electron chi connectivity index (χ0n) is 17.1. The molecular weight excluding hydrogens is 414 g/mol. The van der Waals surface area contributed by atoms with Crippen molar-refractivity contribution >= 4 is 34.3 Å². The van der Waals surface area contributed by atoms with Gasteiger partial charge < -0.3 is 13.9 Å². The standard InChI is InChI=1S/C23H21N3O4S/c1-13-4-3-5-14(8-13)18-10-16-19(30-18)11-17(25(16)2)23(28)26-7-6-15-9-20(22(27)24-29)31-21(15)12-26/h3-5,8-11,29H,6-7,12H2,1-2H3,(H,24,27). The number of amides is 2. The number of aryl methyl sites for hydroxylation is 2. The highest BCUT2D eigenvalue weighted by molar-refractivity contribution is 7.14. The Morgan fingerprint density at radius 3 is 2.77 bits per heavy atom. The Balaban J connectivity index is 1.41. The number of aromatic nitrogens is 1. The fraction of sp³-hybridized carbons (Fsp3) is 0.217. The molecule has 2 N–H and O–H groups in total. The van der Waals surface area contributed by atoms with Crippen molar-refractivity contribution in [3.05, 3.63) is 69.0 Å². The molecule has 3 aromatic heterocycles. The quantitative estimate of drug-likeness (QED) is 0.374. The highest BCUT2D eigenvalue weighted by Crippen LogP contribution is 2.32. The topological polar surface area (TPSA) is 87.7 Å². The van der Waals surface area contributed by atoms with Crippen LogP contribution in [0, 0.1) is 6.92 Å². The third-order valence-corrected chi connectivity index (χ3v) is 6.91. The minimum absolute atomic E-state index is 0.0711. The van der Waals surface area contributed by atoms with Crippen molar-refractivity contribution in [2.24, 2.45) is 7.05 Å². The second kappa shape index (κ2) is 7.40. The molecule has 7 nitrogen and oxygen atoms in total. The van der Waals surface area contributed by atoms with Crippen LogP contribution in [0.5, 0.6) is 0 Å². The summed E-state index contributed by atoms with van der Waals surface area (Å²) >= 11 is 1.30. The summed E-state index contributed by atoms with van der Waals surface area (Å²) in [5.41, 5.74) is 7.00. The molecule has 8 heteroatoms. The van der Waals surface area contributed by atoms with E-state index in [1.165, 1.54) is 11.3 Å². The first-order valence-corrected chi connectivity index (χ1v) is 10.8. The number of thiophene rings is 1. The Bertz CT molecular complexity index is 1330. The molecule has 0 saturated heterocycles. The molecule has 1 aliphatic heterocycles. The van der Waals surface area contributed by atoms with Gasteiger partial charge in [0, 0.05) is 36.2 Å². The van der Waals surface area contributed by atoms with Crippen molar-refractivity contribution in [2.45, 2.75) is 19.9 Å². The van der Waals surface area contributed by atoms with Crippen molar-refractivity contribution in [3.8, 4) is 11.3 Å². The smallest absolute Gasteiger partial charge is 0.284 e. The first kappa shape index (κ1) is 19.6. The van der Waals surface area contributed by atoms with Crippen LogP contribution in [0.1, 0.15) is 36.2 Å². The number of hydroxylamine groups is 1. The van der Waals surface area contributed by atoms with Crippen LogP contribution in [-0.4, -0.2) is 33.0 Å². The minimum Gasteiger partial charge on any atom is -0.454 e. The summed E-state index contributed by atoms with van der Waals surface area (Å²) in [5.74, 6) is 0.182. The van der Waals surface area contributed by atoms with E-state index in [4.69, 9.17) is 9.62 Å². The molecule has 0 bridgehead atoms. The number of rotatable bonds is 3. The van der Waals surface area contributed by atoms with E-state index in [0.717, 1.165) is 32.8 Å². The molecule has 31 heavy (non-hydrogen) atoms. The third kappa shape index (κ3) is 3.34. The average Bonchev–Trinajstić information content (AvgIpc) is 3.46. The molecule has 5 rings (SSSR count). The summed E-state index contributed by atoms with van der Waals surface area (Å²) < 4.78 is 7.92. The van der Waals surface area contributed by atoms with E-state index in [1.54, 1.807) is 22.5 Å². The summed E-state index contributed by atoms with van der Waals surface area (Å²) in [6, 6.07) is 13.7. The number of furan rings is 1. The van der Waals surface area contributed by atoms with Gasteiger partial charge in [-0.2, -0.15) is 0 Å². The molecule has 4 aromatic rings. The minimum atomic E-state index is -0.524. The molecule has 0 aliphatic carbocycles. The lowest BCUT2D eigenvalue weighted by molar-refractivity contribution is 0.0708. The van der Waals surface area contributed by atoms with Crippen molar-refractivity contribution in [2.75, 3.05) is 6.54 Å². The molecule has 158 valence electrons. The highest BCUT2D eigenvalue weighted by atomic mass is 32.1. The molecule has 0 radical (unpaired) electrons. The number of benzene rings is 1. The van der Waals surface area contributed by atoms with Crippen molar-refractivity contribution in [3.63, 3.8) is 0 Å². The summed E-state index contributed by atoms with van der Waals surface area (Å²) in [4.78, 5) is 28.1. The van der Waals surface area contributed by atoms with Gasteiger partial charge in [-0.1, -0.05) is 23.8 Å². The van der Waals surface area contributed by atoms with Crippen molar-refractivity contribution < 1.29 is 19.2 Å². The number of fused-ring (bicyclic) bond motifs is 2. The average molecular weight is 436 g/mol. The second-order valence-corrected chi connectivity index (χ2v) is 8.93. The Hall–Kier alpha value is -3.36. The van der Waals surface area contributed by atoms with E-state index < -0.39 is 5.91 Å². The molecule has 4 heterocycles. The Morgan fingerprint density at radius 1 is 1.19 bits per heavy atom. The Kier molecular flexibility index (Phi) is 4.68. The zero-order chi connectivity index (χ0) is 21.7. The van der Waals surface area contributed by atoms with Crippen LogP contribution < -0.4 is 5.48 Å². The molecular formula is C23H21N3O4S. The van der Waals surface area contributed by atoms with Crippen LogP contribution in [0.25, 0.3) is 22.4 Å². The van der Waals surface area contributed by atoms with E-state index in [-0.39, 0.29) is 5.91 Å². The van der Waals surface area contributed by atoms with Crippen LogP contribution in [0.4, 0.5) is 0 Å². The number of carbonyl (C=O) groups excluding carboxylic acids is 2. The predicted octanol–water partition coefficient (Wildman–Crippen LogP) is 4.13. The Morgan fingerprint density at radius 2 is 2.03 bits per heavy atom. The number of hydrogen-bond donors (Lipinski definition) is 2. The maximum absolute atomic E-state index is 13.2. The maximum atomic E-state index is 13.2. The fourth-order valence-corrected chi connectivity index (χ4v) is 5.20. The SMILES string of the molecule is Cc1cccc(-c2cc3c(cc(C(=O)N4CCc5cc(C(=O)NO)sc5C4)n3C)o2)c1. The van der Waals surface area contributed by atoms with E-state index >= 15 is 0 Å². The van der Waals surface area contributed by atoms with Crippen LogP contribution in [0.2, 0.25) is 0 Å². The van der Waals surface area contributed by atoms with Gasteiger partial charge in [-0.15, -0.1) is 11.3 Å². The van der Waals surface area contributed by atoms with Gasteiger partial charge in [-0.25, -0.2) is 5.48 Å². The van der Waals surface area contributed by atoms with Crippen LogP contribution in [0.15, 0.2) is 46.9 Å². The monoisotopic (exact) mass is 435 g/mol. The maximum Gasteiger partial charge on any atom is 0.284 e. The largest absolute Gasteiger partial charge is 0.454 e. The normalized spacial score (nSPS) is 13.5. The van der Waals surface area contributed by atoms with Crippen LogP contribution in [-0.2, 0) is 20.0 Å². The number of nitrogens with zero attached hydrogens (tertiary/aromatic N) is 2. The van der Waals surface area contributed by atoms with Crippen LogP contribution in [0.3, 0.4) is 0 Å². The van der Waals surface area contributed by atoms with Gasteiger partial charge in [0.15, 0.2) is 5.58 Å². The van der Waals surface area contributed by atoms with Crippen molar-refractivity contribution in [1.82, 2.24) is 14.9 Å². The summed E-state index contributed by atoms with van der Waals surface area (Å²) in [6.07, 6.45) is 0.675. The first-order valence-electron chi connectivity index (χ1n) is 9.96. The van der Waals surface area contributed by atoms with Gasteiger partial charge in [0.2, 0.25) is 0 Å².